The Bertz CT molecular complexity index is 84.1. The van der Waals surface area contributed by atoms with Crippen molar-refractivity contribution in [2.24, 2.45) is 0 Å². The van der Waals surface area contributed by atoms with E-state index in [9.17, 15) is 0 Å². The Kier molecular flexibility index (Phi) is 0.820. The molecule has 1 rings (SSSR count). The first-order chi connectivity index (χ1) is 3.27. The third-order valence-corrected chi connectivity index (χ3v) is 0.712. The largest absolute Gasteiger partial charge is 0.468 e. The molecule has 1 saturated heterocycles. The highest BCUT2D eigenvalue weighted by atomic mass is 16.8. The fourth-order valence-electron chi connectivity index (χ4n) is 0.280. The molecule has 1 unspecified atom stereocenters. The van der Waals surface area contributed by atoms with Crippen LogP contribution in [0.5, 0.6) is 0 Å². The van der Waals surface area contributed by atoms with E-state index in [-0.39, 0.29) is 0 Å². The molecule has 0 aromatic carbocycles. The molecular formula is C5H6O2. The first-order valence-corrected chi connectivity index (χ1v) is 1.98. The smallest absolute Gasteiger partial charge is 0.237 e. The van der Waals surface area contributed by atoms with Crippen LogP contribution in [0, 0.1) is 6.92 Å². The van der Waals surface area contributed by atoms with E-state index >= 15 is 0 Å². The van der Waals surface area contributed by atoms with E-state index in [2.05, 4.69) is 16.1 Å². The molecule has 0 aromatic rings. The number of rotatable bonds is 2. The molecule has 0 N–H and O–H groups in total. The van der Waals surface area contributed by atoms with Gasteiger partial charge in [0.05, 0.1) is 6.26 Å². The van der Waals surface area contributed by atoms with Gasteiger partial charge in [-0.3, -0.25) is 0 Å². The van der Waals surface area contributed by atoms with Crippen LogP contribution >= 0.6 is 0 Å². The van der Waals surface area contributed by atoms with Crippen molar-refractivity contribution in [1.82, 2.24) is 0 Å². The minimum atomic E-state index is -0.818. The van der Waals surface area contributed by atoms with E-state index in [1.165, 1.54) is 6.26 Å². The predicted molar refractivity (Wildman–Crippen MR) is 24.3 cm³/mol. The Morgan fingerprint density at radius 3 is 2.71 bits per heavy atom. The van der Waals surface area contributed by atoms with Crippen molar-refractivity contribution in [2.75, 3.05) is 6.61 Å². The summed E-state index contributed by atoms with van der Waals surface area (Å²) in [5.41, 5.74) is 0. The monoisotopic (exact) mass is 98.0 g/mol. The maximum absolute atomic E-state index is 5.24. The summed E-state index contributed by atoms with van der Waals surface area (Å²) in [6.45, 7) is 9.02. The van der Waals surface area contributed by atoms with Crippen molar-refractivity contribution in [3.63, 3.8) is 0 Å². The molecule has 1 atom stereocenters. The lowest BCUT2D eigenvalue weighted by Gasteiger charge is -1.99. The third-order valence-electron chi connectivity index (χ3n) is 0.712. The van der Waals surface area contributed by atoms with Gasteiger partial charge in [0.1, 0.15) is 6.61 Å². The molecule has 0 amide bonds. The van der Waals surface area contributed by atoms with Crippen LogP contribution in [0.4, 0.5) is 0 Å². The van der Waals surface area contributed by atoms with Crippen LogP contribution in [0.15, 0.2) is 12.8 Å². The van der Waals surface area contributed by atoms with E-state index in [1.54, 1.807) is 0 Å². The van der Waals surface area contributed by atoms with Crippen molar-refractivity contribution in [3.8, 4) is 0 Å². The zero-order chi connectivity index (χ0) is 5.33. The van der Waals surface area contributed by atoms with E-state index in [0.717, 1.165) is 0 Å². The second-order valence-electron chi connectivity index (χ2n) is 1.39. The number of hydrogen-bond acceptors (Lipinski definition) is 2. The predicted octanol–water partition coefficient (Wildman–Crippen LogP) is 0.584. The minimum absolute atomic E-state index is 0.471. The molecule has 1 aliphatic rings. The fraction of sp³-hybridized carbons (Fsp3) is 0.400. The van der Waals surface area contributed by atoms with Gasteiger partial charge in [-0.15, -0.1) is 0 Å². The molecule has 2 heteroatoms. The van der Waals surface area contributed by atoms with Gasteiger partial charge in [0.25, 0.3) is 0 Å². The van der Waals surface area contributed by atoms with E-state index in [4.69, 9.17) is 6.92 Å². The molecule has 0 saturated carbocycles. The summed E-state index contributed by atoms with van der Waals surface area (Å²) in [4.78, 5) is 0. The van der Waals surface area contributed by atoms with Gasteiger partial charge >= 0.3 is 0 Å². The number of hydrogen-bond donors (Lipinski definition) is 0. The Hall–Kier alpha value is -0.500. The van der Waals surface area contributed by atoms with Crippen LogP contribution in [-0.4, -0.2) is 12.4 Å². The van der Waals surface area contributed by atoms with Gasteiger partial charge in [0.2, 0.25) is 5.79 Å². The number of epoxide rings is 1. The minimum Gasteiger partial charge on any atom is -0.468 e. The highest BCUT2D eigenvalue weighted by Gasteiger charge is 2.41. The Morgan fingerprint density at radius 2 is 2.57 bits per heavy atom. The van der Waals surface area contributed by atoms with Crippen LogP contribution in [0.2, 0.25) is 0 Å². The van der Waals surface area contributed by atoms with Gasteiger partial charge < -0.3 is 9.47 Å². The molecule has 7 heavy (non-hydrogen) atoms. The van der Waals surface area contributed by atoms with E-state index < -0.39 is 5.79 Å². The summed E-state index contributed by atoms with van der Waals surface area (Å²) in [5.74, 6) is -0.818. The summed E-state index contributed by atoms with van der Waals surface area (Å²) < 4.78 is 9.28. The van der Waals surface area contributed by atoms with Crippen LogP contribution in [0.1, 0.15) is 0 Å². The van der Waals surface area contributed by atoms with Crippen molar-refractivity contribution in [3.05, 3.63) is 19.8 Å². The maximum Gasteiger partial charge on any atom is 0.237 e. The fourth-order valence-corrected chi connectivity index (χ4v) is 0.280. The van der Waals surface area contributed by atoms with E-state index in [1.807, 2.05) is 0 Å². The van der Waals surface area contributed by atoms with Gasteiger partial charge in [-0.2, -0.15) is 0 Å². The molecule has 1 aliphatic heterocycles. The standard InChI is InChI=1S/C5H6O2/c1-3-6-5(2)4-7-5/h2-3H,1,4H2. The van der Waals surface area contributed by atoms with E-state index in [0.29, 0.717) is 6.61 Å². The molecule has 0 aliphatic carbocycles. The summed E-state index contributed by atoms with van der Waals surface area (Å²) in [5, 5.41) is 0. The normalized spacial score (nSPS) is 37.3. The molecule has 0 aromatic heterocycles. The molecule has 38 valence electrons. The SMILES string of the molecule is [CH]C1(OC=C)CO1. The second kappa shape index (κ2) is 1.23. The van der Waals surface area contributed by atoms with Crippen LogP contribution in [-0.2, 0) is 9.47 Å². The maximum atomic E-state index is 5.24. The molecule has 1 heterocycles. The lowest BCUT2D eigenvalue weighted by Crippen LogP contribution is -2.04. The van der Waals surface area contributed by atoms with Gasteiger partial charge in [-0.1, -0.05) is 6.58 Å². The molecule has 2 radical (unpaired) electrons. The topological polar surface area (TPSA) is 21.8 Å². The summed E-state index contributed by atoms with van der Waals surface area (Å²) in [7, 11) is 0. The summed E-state index contributed by atoms with van der Waals surface area (Å²) >= 11 is 0. The zero-order valence-corrected chi connectivity index (χ0v) is 3.89. The Balaban J connectivity index is 2.25. The van der Waals surface area contributed by atoms with Crippen LogP contribution in [0.3, 0.4) is 0 Å². The van der Waals surface area contributed by atoms with Gasteiger partial charge in [-0.05, 0) is 0 Å². The molecule has 2 nitrogen and oxygen atoms in total. The van der Waals surface area contributed by atoms with Gasteiger partial charge in [0.15, 0.2) is 0 Å². The third kappa shape index (κ3) is 0.933. The first kappa shape index (κ1) is 4.65. The lowest BCUT2D eigenvalue weighted by molar-refractivity contribution is 0.0603. The van der Waals surface area contributed by atoms with Crippen LogP contribution in [0.25, 0.3) is 0 Å². The second-order valence-corrected chi connectivity index (χ2v) is 1.39. The van der Waals surface area contributed by atoms with Crippen molar-refractivity contribution in [2.45, 2.75) is 5.79 Å². The van der Waals surface area contributed by atoms with Crippen molar-refractivity contribution in [1.29, 1.82) is 0 Å². The van der Waals surface area contributed by atoms with Crippen molar-refractivity contribution < 1.29 is 9.47 Å². The number of ether oxygens (including phenoxy) is 2. The van der Waals surface area contributed by atoms with Crippen LogP contribution < -0.4 is 0 Å². The highest BCUT2D eigenvalue weighted by molar-refractivity contribution is 4.86. The Morgan fingerprint density at radius 1 is 2.00 bits per heavy atom. The molecule has 0 spiro atoms. The van der Waals surface area contributed by atoms with Gasteiger partial charge in [-0.25, -0.2) is 0 Å². The van der Waals surface area contributed by atoms with Crippen molar-refractivity contribution >= 4 is 0 Å². The molecular weight excluding hydrogens is 92.1 g/mol. The summed E-state index contributed by atoms with van der Waals surface area (Å²) in [6.07, 6.45) is 1.27. The molecule has 1 fully saturated rings. The molecule has 0 bridgehead atoms. The quantitative estimate of drug-likeness (QED) is 0.372. The average Bonchev–Trinajstić information content (AvgIpc) is 2.22. The lowest BCUT2D eigenvalue weighted by atomic mass is 10.5. The zero-order valence-electron chi connectivity index (χ0n) is 3.89. The Labute approximate surface area is 42.7 Å². The highest BCUT2D eigenvalue weighted by Crippen LogP contribution is 2.26. The van der Waals surface area contributed by atoms with Gasteiger partial charge in [0, 0.05) is 6.92 Å². The summed E-state index contributed by atoms with van der Waals surface area (Å²) in [6, 6.07) is 0. The average molecular weight is 98.1 g/mol. The first-order valence-electron chi connectivity index (χ1n) is 1.98.